The second kappa shape index (κ2) is 7.02. The molecule has 2 heterocycles. The zero-order valence-electron chi connectivity index (χ0n) is 11.7. The van der Waals surface area contributed by atoms with Crippen LogP contribution in [-0.2, 0) is 0 Å². The van der Waals surface area contributed by atoms with E-state index in [9.17, 15) is 0 Å². The lowest BCUT2D eigenvalue weighted by atomic mass is 10.2. The summed E-state index contributed by atoms with van der Waals surface area (Å²) >= 11 is 1.73. The minimum atomic E-state index is 0.235. The Kier molecular flexibility index (Phi) is 5.09. The smallest absolute Gasteiger partial charge is 0.194 e. The summed E-state index contributed by atoms with van der Waals surface area (Å²) in [7, 11) is 4.09. The standard InChI is InChI=1S/C14H19N5S/c1-19(2)11(12-6-5-9-20-12)10-17-14(15)18-13-7-3-4-8-16-13/h3-9,11H,10H2,1-2H3,(H3,15,16,17,18). The summed E-state index contributed by atoms with van der Waals surface area (Å²) in [6.07, 6.45) is 1.71. The number of hydrogen-bond acceptors (Lipinski definition) is 4. The van der Waals surface area contributed by atoms with Crippen LogP contribution in [0.2, 0.25) is 0 Å². The fourth-order valence-corrected chi connectivity index (χ4v) is 2.69. The second-order valence-electron chi connectivity index (χ2n) is 4.56. The summed E-state index contributed by atoms with van der Waals surface area (Å²) in [5.41, 5.74) is 5.89. The van der Waals surface area contributed by atoms with Crippen molar-refractivity contribution in [2.24, 2.45) is 10.7 Å². The fraction of sp³-hybridized carbons (Fsp3) is 0.286. The van der Waals surface area contributed by atoms with Gasteiger partial charge in [-0.1, -0.05) is 12.1 Å². The molecular formula is C14H19N5S. The van der Waals surface area contributed by atoms with E-state index in [1.54, 1.807) is 17.5 Å². The van der Waals surface area contributed by atoms with Gasteiger partial charge in [-0.05, 0) is 37.7 Å². The maximum Gasteiger partial charge on any atom is 0.194 e. The van der Waals surface area contributed by atoms with Crippen LogP contribution in [0, 0.1) is 0 Å². The maximum atomic E-state index is 5.89. The lowest BCUT2D eigenvalue weighted by molar-refractivity contribution is 0.311. The molecule has 0 aliphatic heterocycles. The first-order chi connectivity index (χ1) is 9.66. The Morgan fingerprint density at radius 1 is 1.40 bits per heavy atom. The van der Waals surface area contributed by atoms with Gasteiger partial charge < -0.3 is 16.0 Å². The van der Waals surface area contributed by atoms with Crippen LogP contribution >= 0.6 is 11.3 Å². The molecule has 1 atom stereocenters. The Labute approximate surface area is 123 Å². The summed E-state index contributed by atoms with van der Waals surface area (Å²) in [5.74, 6) is 1.08. The summed E-state index contributed by atoms with van der Waals surface area (Å²) in [6, 6.07) is 10.0. The zero-order valence-corrected chi connectivity index (χ0v) is 12.5. The molecule has 3 N–H and O–H groups in total. The first-order valence-electron chi connectivity index (χ1n) is 6.34. The maximum absolute atomic E-state index is 5.89. The molecule has 0 spiro atoms. The van der Waals surface area contributed by atoms with Crippen molar-refractivity contribution in [2.45, 2.75) is 6.04 Å². The number of rotatable bonds is 5. The van der Waals surface area contributed by atoms with Crippen molar-refractivity contribution < 1.29 is 0 Å². The molecule has 0 aromatic carbocycles. The molecule has 0 radical (unpaired) electrons. The molecule has 0 saturated carbocycles. The van der Waals surface area contributed by atoms with Gasteiger partial charge >= 0.3 is 0 Å². The predicted octanol–water partition coefficient (Wildman–Crippen LogP) is 2.17. The van der Waals surface area contributed by atoms with Crippen molar-refractivity contribution in [3.05, 3.63) is 46.8 Å². The van der Waals surface area contributed by atoms with E-state index in [1.165, 1.54) is 4.88 Å². The van der Waals surface area contributed by atoms with Gasteiger partial charge in [-0.15, -0.1) is 11.3 Å². The van der Waals surface area contributed by atoms with E-state index in [0.29, 0.717) is 18.3 Å². The fourth-order valence-electron chi connectivity index (χ4n) is 1.78. The van der Waals surface area contributed by atoms with Gasteiger partial charge in [-0.3, -0.25) is 4.99 Å². The van der Waals surface area contributed by atoms with E-state index in [2.05, 4.69) is 37.7 Å². The summed E-state index contributed by atoms with van der Waals surface area (Å²) < 4.78 is 0. The molecule has 0 aliphatic rings. The van der Waals surface area contributed by atoms with Gasteiger partial charge in [0.2, 0.25) is 0 Å². The van der Waals surface area contributed by atoms with E-state index in [4.69, 9.17) is 5.73 Å². The lowest BCUT2D eigenvalue weighted by Crippen LogP contribution is -2.27. The van der Waals surface area contributed by atoms with Crippen LogP contribution in [0.15, 0.2) is 46.9 Å². The van der Waals surface area contributed by atoms with Crippen LogP contribution in [0.25, 0.3) is 0 Å². The number of guanidine groups is 1. The van der Waals surface area contributed by atoms with E-state index < -0.39 is 0 Å². The van der Waals surface area contributed by atoms with Crippen LogP contribution in [0.1, 0.15) is 10.9 Å². The number of aliphatic imine (C=N–C) groups is 1. The SMILES string of the molecule is CN(C)C(CN=C(N)Nc1ccccn1)c1cccs1. The van der Waals surface area contributed by atoms with Crippen molar-refractivity contribution in [1.82, 2.24) is 9.88 Å². The number of nitrogens with two attached hydrogens (primary N) is 1. The molecule has 0 aliphatic carbocycles. The highest BCUT2D eigenvalue weighted by molar-refractivity contribution is 7.10. The third-order valence-electron chi connectivity index (χ3n) is 2.85. The molecular weight excluding hydrogens is 270 g/mol. The van der Waals surface area contributed by atoms with Crippen molar-refractivity contribution >= 4 is 23.1 Å². The highest BCUT2D eigenvalue weighted by atomic mass is 32.1. The molecule has 106 valence electrons. The number of nitrogens with zero attached hydrogens (tertiary/aromatic N) is 3. The number of pyridine rings is 1. The molecule has 0 bridgehead atoms. The summed E-state index contributed by atoms with van der Waals surface area (Å²) in [5, 5.41) is 5.06. The minimum Gasteiger partial charge on any atom is -0.370 e. The Morgan fingerprint density at radius 2 is 2.25 bits per heavy atom. The van der Waals surface area contributed by atoms with E-state index >= 15 is 0 Å². The number of anilines is 1. The van der Waals surface area contributed by atoms with Crippen LogP contribution < -0.4 is 11.1 Å². The minimum absolute atomic E-state index is 0.235. The van der Waals surface area contributed by atoms with Gasteiger partial charge in [0.25, 0.3) is 0 Å². The van der Waals surface area contributed by atoms with Crippen molar-refractivity contribution in [1.29, 1.82) is 0 Å². The van der Waals surface area contributed by atoms with Gasteiger partial charge in [0, 0.05) is 11.1 Å². The number of likely N-dealkylation sites (N-methyl/N-ethyl adjacent to an activating group) is 1. The van der Waals surface area contributed by atoms with Gasteiger partial charge in [0.1, 0.15) is 5.82 Å². The van der Waals surface area contributed by atoms with Gasteiger partial charge in [-0.25, -0.2) is 4.98 Å². The quantitative estimate of drug-likeness (QED) is 0.654. The zero-order chi connectivity index (χ0) is 14.4. The molecule has 2 aromatic heterocycles. The van der Waals surface area contributed by atoms with Crippen molar-refractivity contribution in [2.75, 3.05) is 26.0 Å². The number of thiophene rings is 1. The highest BCUT2D eigenvalue weighted by Gasteiger charge is 2.14. The number of aromatic nitrogens is 1. The summed E-state index contributed by atoms with van der Waals surface area (Å²) in [6.45, 7) is 0.610. The summed E-state index contributed by atoms with van der Waals surface area (Å²) in [4.78, 5) is 12.0. The van der Waals surface area contributed by atoms with Gasteiger partial charge in [-0.2, -0.15) is 0 Å². The van der Waals surface area contributed by atoms with Crippen LogP contribution in [0.3, 0.4) is 0 Å². The number of hydrogen-bond donors (Lipinski definition) is 2. The predicted molar refractivity (Wildman–Crippen MR) is 85.1 cm³/mol. The van der Waals surface area contributed by atoms with Crippen LogP contribution in [-0.4, -0.2) is 36.5 Å². The largest absolute Gasteiger partial charge is 0.370 e. The van der Waals surface area contributed by atoms with Gasteiger partial charge in [0.05, 0.1) is 12.6 Å². The van der Waals surface area contributed by atoms with Crippen LogP contribution in [0.5, 0.6) is 0 Å². The Bertz CT molecular complexity index is 536. The average Bonchev–Trinajstić information content (AvgIpc) is 2.93. The van der Waals surface area contributed by atoms with Crippen LogP contribution in [0.4, 0.5) is 5.82 Å². The molecule has 2 aromatic rings. The Balaban J connectivity index is 1.99. The lowest BCUT2D eigenvalue weighted by Gasteiger charge is -2.21. The molecule has 6 heteroatoms. The first kappa shape index (κ1) is 14.5. The topological polar surface area (TPSA) is 66.5 Å². The van der Waals surface area contributed by atoms with E-state index in [1.807, 2.05) is 32.3 Å². The Hall–Kier alpha value is -1.92. The molecule has 0 saturated heterocycles. The van der Waals surface area contributed by atoms with E-state index in [-0.39, 0.29) is 6.04 Å². The average molecular weight is 289 g/mol. The van der Waals surface area contributed by atoms with Gasteiger partial charge in [0.15, 0.2) is 5.96 Å². The third kappa shape index (κ3) is 4.04. The van der Waals surface area contributed by atoms with E-state index in [0.717, 1.165) is 0 Å². The second-order valence-corrected chi connectivity index (χ2v) is 5.54. The highest BCUT2D eigenvalue weighted by Crippen LogP contribution is 2.23. The van der Waals surface area contributed by atoms with Crippen molar-refractivity contribution in [3.8, 4) is 0 Å². The molecule has 5 nitrogen and oxygen atoms in total. The first-order valence-corrected chi connectivity index (χ1v) is 7.22. The molecule has 2 rings (SSSR count). The number of nitrogens with one attached hydrogen (secondary N) is 1. The third-order valence-corrected chi connectivity index (χ3v) is 3.82. The molecule has 0 amide bonds. The normalized spacial score (nSPS) is 13.4. The Morgan fingerprint density at radius 3 is 2.85 bits per heavy atom. The van der Waals surface area contributed by atoms with Crippen molar-refractivity contribution in [3.63, 3.8) is 0 Å². The molecule has 1 unspecified atom stereocenters. The molecule has 20 heavy (non-hydrogen) atoms. The molecule has 0 fully saturated rings. The monoisotopic (exact) mass is 289 g/mol.